The number of amides is 1. The van der Waals surface area contributed by atoms with E-state index in [0.29, 0.717) is 0 Å². The summed E-state index contributed by atoms with van der Waals surface area (Å²) in [6, 6.07) is 14.0. The number of anilines is 1. The van der Waals surface area contributed by atoms with Crippen LogP contribution in [0.25, 0.3) is 0 Å². The Morgan fingerprint density at radius 1 is 1.10 bits per heavy atom. The van der Waals surface area contributed by atoms with Crippen molar-refractivity contribution in [1.82, 2.24) is 4.31 Å². The van der Waals surface area contributed by atoms with Gasteiger partial charge in [-0.3, -0.25) is 4.79 Å². The maximum atomic E-state index is 12.1. The van der Waals surface area contributed by atoms with E-state index in [2.05, 4.69) is 5.32 Å². The Morgan fingerprint density at radius 2 is 1.83 bits per heavy atom. The fraction of sp³-hybridized carbons (Fsp3) is 0.211. The zero-order valence-electron chi connectivity index (χ0n) is 15.8. The summed E-state index contributed by atoms with van der Waals surface area (Å²) in [7, 11) is -0.843. The Labute approximate surface area is 168 Å². The lowest BCUT2D eigenvalue weighted by Crippen LogP contribution is -2.24. The van der Waals surface area contributed by atoms with Crippen molar-refractivity contribution in [3.05, 3.63) is 54.1 Å². The maximum Gasteiger partial charge on any atom is 0.344 e. The molecular weight excluding hydrogens is 398 g/mol. The van der Waals surface area contributed by atoms with Gasteiger partial charge in [-0.25, -0.2) is 17.5 Å². The van der Waals surface area contributed by atoms with Crippen molar-refractivity contribution in [3.8, 4) is 11.8 Å². The normalized spacial score (nSPS) is 10.8. The van der Waals surface area contributed by atoms with E-state index < -0.39 is 35.1 Å². The lowest BCUT2D eigenvalue weighted by molar-refractivity contribution is -0.149. The highest BCUT2D eigenvalue weighted by Crippen LogP contribution is 2.18. The number of nitriles is 1. The van der Waals surface area contributed by atoms with Crippen LogP contribution >= 0.6 is 0 Å². The van der Waals surface area contributed by atoms with Gasteiger partial charge in [-0.05, 0) is 30.3 Å². The standard InChI is InChI=1S/C19H19N3O6S/c1-22(2)29(25,26)16-8-5-7-15(10-16)21-18(23)12-28-19(24)13-27-17-9-4-3-6-14(17)11-20/h3-10H,12-13H2,1-2H3,(H,21,23). The first-order valence-corrected chi connectivity index (χ1v) is 9.78. The first-order chi connectivity index (χ1) is 13.7. The monoisotopic (exact) mass is 417 g/mol. The molecule has 0 radical (unpaired) electrons. The number of hydrogen-bond acceptors (Lipinski definition) is 7. The highest BCUT2D eigenvalue weighted by molar-refractivity contribution is 7.89. The van der Waals surface area contributed by atoms with Crippen LogP contribution in [0.4, 0.5) is 5.69 Å². The van der Waals surface area contributed by atoms with Gasteiger partial charge < -0.3 is 14.8 Å². The highest BCUT2D eigenvalue weighted by Gasteiger charge is 2.18. The second kappa shape index (κ2) is 9.68. The molecule has 2 aromatic rings. The summed E-state index contributed by atoms with van der Waals surface area (Å²) >= 11 is 0. The minimum absolute atomic E-state index is 0.0156. The van der Waals surface area contributed by atoms with Gasteiger partial charge in [-0.1, -0.05) is 18.2 Å². The number of nitrogens with one attached hydrogen (secondary N) is 1. The van der Waals surface area contributed by atoms with Crippen molar-refractivity contribution < 1.29 is 27.5 Å². The van der Waals surface area contributed by atoms with Crippen molar-refractivity contribution in [2.45, 2.75) is 4.90 Å². The van der Waals surface area contributed by atoms with Crippen molar-refractivity contribution >= 4 is 27.6 Å². The molecule has 1 amide bonds. The zero-order valence-corrected chi connectivity index (χ0v) is 16.6. The molecule has 0 saturated carbocycles. The lowest BCUT2D eigenvalue weighted by atomic mass is 10.2. The molecule has 0 fully saturated rings. The molecule has 0 saturated heterocycles. The summed E-state index contributed by atoms with van der Waals surface area (Å²) in [6.07, 6.45) is 0. The van der Waals surface area contributed by atoms with Crippen LogP contribution < -0.4 is 10.1 Å². The molecule has 0 aliphatic heterocycles. The summed E-state index contributed by atoms with van der Waals surface area (Å²) < 4.78 is 35.4. The first-order valence-electron chi connectivity index (χ1n) is 8.34. The molecule has 2 aromatic carbocycles. The number of rotatable bonds is 8. The number of ether oxygens (including phenoxy) is 2. The van der Waals surface area contributed by atoms with Gasteiger partial charge in [0, 0.05) is 19.8 Å². The molecule has 0 heterocycles. The minimum Gasteiger partial charge on any atom is -0.481 e. The third-order valence-corrected chi connectivity index (χ3v) is 5.42. The predicted octanol–water partition coefficient (Wildman–Crippen LogP) is 1.37. The fourth-order valence-electron chi connectivity index (χ4n) is 2.15. The highest BCUT2D eigenvalue weighted by atomic mass is 32.2. The van der Waals surface area contributed by atoms with E-state index in [1.165, 1.54) is 44.4 Å². The van der Waals surface area contributed by atoms with Crippen molar-refractivity contribution in [3.63, 3.8) is 0 Å². The molecule has 152 valence electrons. The number of nitrogens with zero attached hydrogens (tertiary/aromatic N) is 2. The summed E-state index contributed by atoms with van der Waals surface area (Å²) in [4.78, 5) is 23.7. The van der Waals surface area contributed by atoms with E-state index in [1.54, 1.807) is 18.2 Å². The molecule has 29 heavy (non-hydrogen) atoms. The summed E-state index contributed by atoms with van der Waals surface area (Å²) in [5.41, 5.74) is 0.513. The molecule has 2 rings (SSSR count). The Balaban J connectivity index is 1.87. The molecule has 0 atom stereocenters. The summed E-state index contributed by atoms with van der Waals surface area (Å²) in [5.74, 6) is -1.21. The second-order valence-electron chi connectivity index (χ2n) is 5.92. The Bertz CT molecular complexity index is 1040. The van der Waals surface area contributed by atoms with Gasteiger partial charge in [0.25, 0.3) is 5.91 Å². The predicted molar refractivity (Wildman–Crippen MR) is 104 cm³/mol. The van der Waals surface area contributed by atoms with E-state index in [1.807, 2.05) is 6.07 Å². The third-order valence-electron chi connectivity index (χ3n) is 3.61. The summed E-state index contributed by atoms with van der Waals surface area (Å²) in [6.45, 7) is -1.05. The molecule has 1 N–H and O–H groups in total. The Morgan fingerprint density at radius 3 is 2.52 bits per heavy atom. The van der Waals surface area contributed by atoms with E-state index in [4.69, 9.17) is 14.7 Å². The van der Waals surface area contributed by atoms with Crippen LogP contribution in [-0.4, -0.2) is 51.9 Å². The minimum atomic E-state index is -3.64. The Hall–Kier alpha value is -3.42. The molecule has 0 aliphatic carbocycles. The van der Waals surface area contributed by atoms with Crippen LogP contribution in [0.3, 0.4) is 0 Å². The number of carbonyl (C=O) groups is 2. The maximum absolute atomic E-state index is 12.1. The quantitative estimate of drug-likeness (QED) is 0.643. The van der Waals surface area contributed by atoms with Crippen LogP contribution in [0, 0.1) is 11.3 Å². The second-order valence-corrected chi connectivity index (χ2v) is 8.07. The SMILES string of the molecule is CN(C)S(=O)(=O)c1cccc(NC(=O)COC(=O)COc2ccccc2C#N)c1. The molecule has 0 aliphatic rings. The lowest BCUT2D eigenvalue weighted by Gasteiger charge is -2.13. The van der Waals surface area contributed by atoms with Crippen LogP contribution in [0.1, 0.15) is 5.56 Å². The number of benzene rings is 2. The van der Waals surface area contributed by atoms with Crippen molar-refractivity contribution in [2.24, 2.45) is 0 Å². The third kappa shape index (κ3) is 6.03. The Kier molecular flexibility index (Phi) is 7.30. The first kappa shape index (κ1) is 21.9. The summed E-state index contributed by atoms with van der Waals surface area (Å²) in [5, 5.41) is 11.4. The van der Waals surface area contributed by atoms with Gasteiger partial charge in [-0.15, -0.1) is 0 Å². The molecule has 0 unspecified atom stereocenters. The van der Waals surface area contributed by atoms with Crippen LogP contribution in [0.2, 0.25) is 0 Å². The molecule has 10 heteroatoms. The average molecular weight is 417 g/mol. The van der Waals surface area contributed by atoms with E-state index in [9.17, 15) is 18.0 Å². The van der Waals surface area contributed by atoms with Gasteiger partial charge in [-0.2, -0.15) is 5.26 Å². The van der Waals surface area contributed by atoms with Crippen LogP contribution in [-0.2, 0) is 24.3 Å². The van der Waals surface area contributed by atoms with Crippen LogP contribution in [0.5, 0.6) is 5.75 Å². The van der Waals surface area contributed by atoms with E-state index in [0.717, 1.165) is 4.31 Å². The number of esters is 1. The number of carbonyl (C=O) groups excluding carboxylic acids is 2. The van der Waals surface area contributed by atoms with Gasteiger partial charge in [0.2, 0.25) is 10.0 Å². The van der Waals surface area contributed by atoms with Crippen molar-refractivity contribution in [2.75, 3.05) is 32.6 Å². The van der Waals surface area contributed by atoms with Crippen molar-refractivity contribution in [1.29, 1.82) is 5.26 Å². The fourth-order valence-corrected chi connectivity index (χ4v) is 3.10. The van der Waals surface area contributed by atoms with Gasteiger partial charge in [0.1, 0.15) is 11.8 Å². The number of hydrogen-bond donors (Lipinski definition) is 1. The molecule has 0 aromatic heterocycles. The van der Waals surface area contributed by atoms with E-state index >= 15 is 0 Å². The molecule has 9 nitrogen and oxygen atoms in total. The molecule has 0 spiro atoms. The molecular formula is C19H19N3O6S. The molecule has 0 bridgehead atoms. The van der Waals surface area contributed by atoms with E-state index in [-0.39, 0.29) is 21.9 Å². The average Bonchev–Trinajstić information content (AvgIpc) is 2.71. The smallest absolute Gasteiger partial charge is 0.344 e. The van der Waals surface area contributed by atoms with Gasteiger partial charge in [0.05, 0.1) is 10.5 Å². The van der Waals surface area contributed by atoms with Gasteiger partial charge >= 0.3 is 5.97 Å². The largest absolute Gasteiger partial charge is 0.481 e. The van der Waals surface area contributed by atoms with Crippen LogP contribution in [0.15, 0.2) is 53.4 Å². The number of sulfonamides is 1. The topological polar surface area (TPSA) is 126 Å². The number of para-hydroxylation sites is 1. The van der Waals surface area contributed by atoms with Gasteiger partial charge in [0.15, 0.2) is 13.2 Å². The zero-order chi connectivity index (χ0) is 21.4.